The fourth-order valence-electron chi connectivity index (χ4n) is 3.86. The number of piperazine rings is 1. The molecule has 2 aliphatic rings. The van der Waals surface area contributed by atoms with Crippen LogP contribution in [0.3, 0.4) is 0 Å². The summed E-state index contributed by atoms with van der Waals surface area (Å²) in [6.45, 7) is 14.8. The summed E-state index contributed by atoms with van der Waals surface area (Å²) in [6.07, 6.45) is 2.27. The predicted octanol–water partition coefficient (Wildman–Crippen LogP) is 2.87. The van der Waals surface area contributed by atoms with Crippen LogP contribution in [0.15, 0.2) is 22.2 Å². The van der Waals surface area contributed by atoms with Crippen LogP contribution in [0.4, 0.5) is 0 Å². The zero-order valence-electron chi connectivity index (χ0n) is 15.5. The number of aromatic nitrogens is 1. The van der Waals surface area contributed by atoms with Crippen molar-refractivity contribution in [3.63, 3.8) is 0 Å². The fraction of sp³-hybridized carbons (Fsp3) is 0.684. The van der Waals surface area contributed by atoms with Gasteiger partial charge in [0.05, 0.1) is 11.6 Å². The van der Waals surface area contributed by atoms with Crippen LogP contribution in [0, 0.1) is 24.2 Å². The van der Waals surface area contributed by atoms with Gasteiger partial charge in [0.15, 0.2) is 0 Å². The zero-order chi connectivity index (χ0) is 17.5. The minimum Gasteiger partial charge on any atom is -0.361 e. The Labute approximate surface area is 144 Å². The number of hydrogen-bond donors (Lipinski definition) is 0. The van der Waals surface area contributed by atoms with Crippen molar-refractivity contribution in [3.05, 3.63) is 29.2 Å². The predicted molar refractivity (Wildman–Crippen MR) is 93.3 cm³/mol. The van der Waals surface area contributed by atoms with E-state index < -0.39 is 0 Å². The van der Waals surface area contributed by atoms with Gasteiger partial charge in [-0.3, -0.25) is 9.69 Å². The minimum absolute atomic E-state index is 0.101. The maximum atomic E-state index is 12.9. The molecule has 2 atom stereocenters. The molecule has 2 unspecified atom stereocenters. The molecule has 0 aromatic carbocycles. The summed E-state index contributed by atoms with van der Waals surface area (Å²) < 4.78 is 5.12. The maximum Gasteiger partial charge on any atom is 0.226 e. The first kappa shape index (κ1) is 17.2. The van der Waals surface area contributed by atoms with Crippen LogP contribution in [0.2, 0.25) is 0 Å². The molecule has 1 saturated heterocycles. The number of rotatable bonds is 4. The Balaban J connectivity index is 1.53. The van der Waals surface area contributed by atoms with E-state index in [1.54, 1.807) is 0 Å². The van der Waals surface area contributed by atoms with Crippen molar-refractivity contribution in [1.29, 1.82) is 0 Å². The van der Waals surface area contributed by atoms with E-state index in [1.165, 1.54) is 5.57 Å². The summed E-state index contributed by atoms with van der Waals surface area (Å²) in [4.78, 5) is 17.3. The largest absolute Gasteiger partial charge is 0.361 e. The lowest BCUT2D eigenvalue weighted by Crippen LogP contribution is -2.49. The lowest BCUT2D eigenvalue weighted by atomic mass is 10.1. The lowest BCUT2D eigenvalue weighted by Gasteiger charge is -2.34. The standard InChI is InChI=1S/C19H29N3O2/c1-13(2)10-16-17(19(16,4)5)18(23)22-8-6-21(7-9-22)12-15-11-14(3)24-20-15/h10-11,16-17H,6-9,12H2,1-5H3. The Hall–Kier alpha value is -1.62. The summed E-state index contributed by atoms with van der Waals surface area (Å²) in [7, 11) is 0. The van der Waals surface area contributed by atoms with Crippen molar-refractivity contribution in [2.45, 2.75) is 41.2 Å². The Bertz CT molecular complexity index is 635. The molecule has 3 rings (SSSR count). The smallest absolute Gasteiger partial charge is 0.226 e. The van der Waals surface area contributed by atoms with Crippen LogP contribution in [-0.4, -0.2) is 47.0 Å². The molecule has 1 amide bonds. The second-order valence-electron chi connectivity index (χ2n) is 8.10. The molecule has 2 fully saturated rings. The highest BCUT2D eigenvalue weighted by atomic mass is 16.5. The van der Waals surface area contributed by atoms with Crippen LogP contribution < -0.4 is 0 Å². The third-order valence-corrected chi connectivity index (χ3v) is 5.44. The van der Waals surface area contributed by atoms with Gasteiger partial charge in [0.2, 0.25) is 5.91 Å². The number of aryl methyl sites for hydroxylation is 1. The molecule has 1 aliphatic heterocycles. The van der Waals surface area contributed by atoms with Gasteiger partial charge in [-0.25, -0.2) is 0 Å². The van der Waals surface area contributed by atoms with Gasteiger partial charge in [-0.05, 0) is 32.1 Å². The lowest BCUT2D eigenvalue weighted by molar-refractivity contribution is -0.135. The van der Waals surface area contributed by atoms with Crippen molar-refractivity contribution in [3.8, 4) is 0 Å². The Morgan fingerprint density at radius 1 is 1.33 bits per heavy atom. The van der Waals surface area contributed by atoms with Gasteiger partial charge in [-0.2, -0.15) is 0 Å². The van der Waals surface area contributed by atoms with Crippen molar-refractivity contribution < 1.29 is 9.32 Å². The minimum atomic E-state index is 0.101. The highest BCUT2D eigenvalue weighted by molar-refractivity contribution is 5.84. The molecular weight excluding hydrogens is 302 g/mol. The maximum absolute atomic E-state index is 12.9. The highest BCUT2D eigenvalue weighted by Crippen LogP contribution is 2.60. The summed E-state index contributed by atoms with van der Waals surface area (Å²) in [5.41, 5.74) is 2.37. The van der Waals surface area contributed by atoms with E-state index in [0.717, 1.165) is 44.2 Å². The molecule has 5 nitrogen and oxygen atoms in total. The van der Waals surface area contributed by atoms with Crippen molar-refractivity contribution >= 4 is 5.91 Å². The summed E-state index contributed by atoms with van der Waals surface area (Å²) in [5.74, 6) is 1.72. The third-order valence-electron chi connectivity index (χ3n) is 5.44. The molecular formula is C19H29N3O2. The SMILES string of the molecule is CC(C)=CC1C(C(=O)N2CCN(Cc3cc(C)on3)CC2)C1(C)C. The zero-order valence-corrected chi connectivity index (χ0v) is 15.5. The first-order valence-corrected chi connectivity index (χ1v) is 8.87. The second kappa shape index (κ2) is 6.36. The molecule has 132 valence electrons. The number of nitrogens with zero attached hydrogens (tertiary/aromatic N) is 3. The van der Waals surface area contributed by atoms with E-state index in [1.807, 2.05) is 13.0 Å². The molecule has 1 saturated carbocycles. The van der Waals surface area contributed by atoms with Crippen LogP contribution in [-0.2, 0) is 11.3 Å². The van der Waals surface area contributed by atoms with E-state index in [4.69, 9.17) is 4.52 Å². The van der Waals surface area contributed by atoms with Crippen molar-refractivity contribution in [2.75, 3.05) is 26.2 Å². The number of hydrogen-bond acceptors (Lipinski definition) is 4. The van der Waals surface area contributed by atoms with Gasteiger partial charge < -0.3 is 9.42 Å². The first-order valence-electron chi connectivity index (χ1n) is 8.87. The quantitative estimate of drug-likeness (QED) is 0.796. The van der Waals surface area contributed by atoms with Crippen molar-refractivity contribution in [1.82, 2.24) is 15.0 Å². The molecule has 1 aromatic rings. The van der Waals surface area contributed by atoms with Gasteiger partial charge in [0.1, 0.15) is 5.76 Å². The Morgan fingerprint density at radius 3 is 2.54 bits per heavy atom. The highest BCUT2D eigenvalue weighted by Gasteiger charge is 2.61. The topological polar surface area (TPSA) is 49.6 Å². The average molecular weight is 331 g/mol. The van der Waals surface area contributed by atoms with E-state index in [2.05, 4.69) is 48.7 Å². The van der Waals surface area contributed by atoms with E-state index >= 15 is 0 Å². The Kier molecular flexibility index (Phi) is 4.56. The monoisotopic (exact) mass is 331 g/mol. The fourth-order valence-corrected chi connectivity index (χ4v) is 3.86. The molecule has 24 heavy (non-hydrogen) atoms. The molecule has 0 spiro atoms. The van der Waals surface area contributed by atoms with Gasteiger partial charge in [0, 0.05) is 38.8 Å². The summed E-state index contributed by atoms with van der Waals surface area (Å²) in [6, 6.07) is 1.98. The number of carbonyl (C=O) groups is 1. The van der Waals surface area contributed by atoms with E-state index in [0.29, 0.717) is 11.8 Å². The molecule has 1 aromatic heterocycles. The molecule has 0 N–H and O–H groups in total. The third kappa shape index (κ3) is 3.41. The van der Waals surface area contributed by atoms with Crippen molar-refractivity contribution in [2.24, 2.45) is 17.3 Å². The molecule has 0 radical (unpaired) electrons. The molecule has 1 aliphatic carbocycles. The van der Waals surface area contributed by atoms with Crippen LogP contribution in [0.5, 0.6) is 0 Å². The molecule has 2 heterocycles. The van der Waals surface area contributed by atoms with Crippen LogP contribution >= 0.6 is 0 Å². The van der Waals surface area contributed by atoms with Crippen LogP contribution in [0.25, 0.3) is 0 Å². The summed E-state index contributed by atoms with van der Waals surface area (Å²) >= 11 is 0. The van der Waals surface area contributed by atoms with Gasteiger partial charge >= 0.3 is 0 Å². The van der Waals surface area contributed by atoms with E-state index in [-0.39, 0.29) is 11.3 Å². The van der Waals surface area contributed by atoms with E-state index in [9.17, 15) is 4.79 Å². The van der Waals surface area contributed by atoms with Gasteiger partial charge in [0.25, 0.3) is 0 Å². The number of allylic oxidation sites excluding steroid dienone is 2. The molecule has 0 bridgehead atoms. The van der Waals surface area contributed by atoms with Gasteiger partial charge in [-0.15, -0.1) is 0 Å². The Morgan fingerprint density at radius 2 is 2.00 bits per heavy atom. The normalized spacial score (nSPS) is 26.3. The number of amides is 1. The van der Waals surface area contributed by atoms with Crippen LogP contribution in [0.1, 0.15) is 39.1 Å². The average Bonchev–Trinajstić information content (AvgIpc) is 2.82. The number of carbonyl (C=O) groups excluding carboxylic acids is 1. The van der Waals surface area contributed by atoms with Gasteiger partial charge in [-0.1, -0.05) is 30.7 Å². The second-order valence-corrected chi connectivity index (χ2v) is 8.10. The molecule has 5 heteroatoms. The summed E-state index contributed by atoms with van der Waals surface area (Å²) in [5, 5.41) is 4.06. The first-order chi connectivity index (χ1) is 11.3.